The lowest BCUT2D eigenvalue weighted by atomic mass is 10.1. The fourth-order valence-corrected chi connectivity index (χ4v) is 8.11. The topological polar surface area (TPSA) is 78.9 Å². The lowest BCUT2D eigenvalue weighted by Gasteiger charge is -2.18. The Balaban J connectivity index is 4.37. The maximum Gasteiger partial charge on any atom is 0.306 e. The minimum absolute atomic E-state index is 0.0813. The summed E-state index contributed by atoms with van der Waals surface area (Å²) in [6, 6.07) is 0. The Morgan fingerprint density at radius 1 is 0.309 bits per heavy atom. The maximum absolute atomic E-state index is 12.9. The molecule has 0 aliphatic rings. The number of ether oxygens (including phenoxy) is 3. The van der Waals surface area contributed by atoms with E-state index in [0.29, 0.717) is 19.3 Å². The smallest absolute Gasteiger partial charge is 0.306 e. The number of hydrogen-bond acceptors (Lipinski definition) is 6. The van der Waals surface area contributed by atoms with E-state index in [1.54, 1.807) is 0 Å². The van der Waals surface area contributed by atoms with E-state index in [-0.39, 0.29) is 31.1 Å². The van der Waals surface area contributed by atoms with Gasteiger partial charge < -0.3 is 14.2 Å². The second-order valence-corrected chi connectivity index (χ2v) is 19.2. The summed E-state index contributed by atoms with van der Waals surface area (Å²) in [5.41, 5.74) is 0. The van der Waals surface area contributed by atoms with Crippen molar-refractivity contribution >= 4 is 17.9 Å². The number of hydrogen-bond donors (Lipinski definition) is 0. The van der Waals surface area contributed by atoms with Gasteiger partial charge >= 0.3 is 17.9 Å². The van der Waals surface area contributed by atoms with Crippen molar-refractivity contribution in [1.29, 1.82) is 0 Å². The molecule has 0 saturated heterocycles. The van der Waals surface area contributed by atoms with Gasteiger partial charge in [0, 0.05) is 19.3 Å². The van der Waals surface area contributed by atoms with Gasteiger partial charge in [-0.3, -0.25) is 14.4 Å². The average Bonchev–Trinajstić information content (AvgIpc) is 3.34. The van der Waals surface area contributed by atoms with Gasteiger partial charge in [0.15, 0.2) is 6.10 Å². The van der Waals surface area contributed by atoms with Crippen LogP contribution >= 0.6 is 0 Å². The molecule has 68 heavy (non-hydrogen) atoms. The van der Waals surface area contributed by atoms with Crippen LogP contribution in [0.5, 0.6) is 0 Å². The van der Waals surface area contributed by atoms with E-state index >= 15 is 0 Å². The molecule has 0 aliphatic heterocycles. The van der Waals surface area contributed by atoms with Crippen LogP contribution in [0, 0.1) is 0 Å². The van der Waals surface area contributed by atoms with Crippen LogP contribution in [0.1, 0.15) is 284 Å². The van der Waals surface area contributed by atoms with Gasteiger partial charge in [-0.15, -0.1) is 0 Å². The molecular formula is C62H108O6. The van der Waals surface area contributed by atoms with Gasteiger partial charge in [0.2, 0.25) is 0 Å². The molecule has 6 heteroatoms. The summed E-state index contributed by atoms with van der Waals surface area (Å²) in [5, 5.41) is 0. The van der Waals surface area contributed by atoms with Crippen LogP contribution in [-0.4, -0.2) is 37.2 Å². The molecule has 0 amide bonds. The number of allylic oxidation sites excluding steroid dienone is 12. The number of carbonyl (C=O) groups is 3. The molecule has 0 N–H and O–H groups in total. The average molecular weight is 950 g/mol. The molecule has 0 aliphatic carbocycles. The molecule has 0 aromatic carbocycles. The fraction of sp³-hybridized carbons (Fsp3) is 0.758. The zero-order valence-electron chi connectivity index (χ0n) is 44.9. The van der Waals surface area contributed by atoms with Crippen molar-refractivity contribution in [3.63, 3.8) is 0 Å². The Morgan fingerprint density at radius 3 is 0.912 bits per heavy atom. The van der Waals surface area contributed by atoms with Gasteiger partial charge in [-0.2, -0.15) is 0 Å². The van der Waals surface area contributed by atoms with Crippen LogP contribution < -0.4 is 0 Å². The first-order valence-corrected chi connectivity index (χ1v) is 28.9. The van der Waals surface area contributed by atoms with Crippen LogP contribution in [0.15, 0.2) is 72.9 Å². The third kappa shape index (κ3) is 53.8. The molecule has 0 saturated carbocycles. The molecule has 0 aromatic heterocycles. The SMILES string of the molecule is CC/C=C\C/C=C\C/C=C\C/C=C\C/C=C\CCCCCCCC(=O)OCC(COC(=O)CCCCCCCCCCCCC)OC(=O)CCCCCCCCC/C=C\CCCCCCCCC. The quantitative estimate of drug-likeness (QED) is 0.0262. The van der Waals surface area contributed by atoms with Gasteiger partial charge in [0.25, 0.3) is 0 Å². The summed E-state index contributed by atoms with van der Waals surface area (Å²) in [4.78, 5) is 38.1. The summed E-state index contributed by atoms with van der Waals surface area (Å²) < 4.78 is 16.8. The normalized spacial score (nSPS) is 12.6. The molecule has 0 bridgehead atoms. The van der Waals surface area contributed by atoms with Gasteiger partial charge in [-0.1, -0.05) is 248 Å². The van der Waals surface area contributed by atoms with Gasteiger partial charge in [0.05, 0.1) is 0 Å². The second kappa shape index (κ2) is 56.4. The summed E-state index contributed by atoms with van der Waals surface area (Å²) in [7, 11) is 0. The summed E-state index contributed by atoms with van der Waals surface area (Å²) in [6.45, 7) is 6.52. The van der Waals surface area contributed by atoms with Crippen LogP contribution in [0.2, 0.25) is 0 Å². The predicted molar refractivity (Wildman–Crippen MR) is 293 cm³/mol. The van der Waals surface area contributed by atoms with E-state index in [1.165, 1.54) is 135 Å². The molecule has 0 radical (unpaired) electrons. The van der Waals surface area contributed by atoms with Crippen LogP contribution in [0.4, 0.5) is 0 Å². The van der Waals surface area contributed by atoms with E-state index in [4.69, 9.17) is 14.2 Å². The summed E-state index contributed by atoms with van der Waals surface area (Å²) in [5.74, 6) is -0.897. The van der Waals surface area contributed by atoms with Crippen molar-refractivity contribution in [2.24, 2.45) is 0 Å². The standard InChI is InChI=1S/C62H108O6/c1-4-7-10-13-16-19-22-24-26-28-30-31-32-34-35-37-40-43-46-49-52-55-61(64)67-58-59(57-66-60(63)54-51-48-45-42-39-21-18-15-12-9-6-3)68-62(65)56-53-50-47-44-41-38-36-33-29-27-25-23-20-17-14-11-8-5-2/h7,10,16,19,24,26-27,29-31,34-35,59H,4-6,8-9,11-15,17-18,20-23,25,28,32-33,36-58H2,1-3H3/b10-7-,19-16-,26-24-,29-27-,31-30-,35-34-. The highest BCUT2D eigenvalue weighted by atomic mass is 16.6. The van der Waals surface area contributed by atoms with E-state index in [2.05, 4.69) is 93.7 Å². The monoisotopic (exact) mass is 949 g/mol. The Labute approximate surface area is 421 Å². The number of esters is 3. The molecule has 0 spiro atoms. The molecule has 1 unspecified atom stereocenters. The first kappa shape index (κ1) is 64.8. The maximum atomic E-state index is 12.9. The summed E-state index contributed by atoms with van der Waals surface area (Å²) in [6.07, 6.45) is 71.8. The van der Waals surface area contributed by atoms with Crippen molar-refractivity contribution in [1.82, 2.24) is 0 Å². The van der Waals surface area contributed by atoms with E-state index in [1.807, 2.05) is 0 Å². The third-order valence-corrected chi connectivity index (χ3v) is 12.4. The molecule has 0 aromatic rings. The van der Waals surface area contributed by atoms with Gasteiger partial charge in [0.1, 0.15) is 13.2 Å². The Morgan fingerprint density at radius 2 is 0.574 bits per heavy atom. The van der Waals surface area contributed by atoms with Crippen molar-refractivity contribution in [3.8, 4) is 0 Å². The number of unbranched alkanes of at least 4 members (excludes halogenated alkanes) is 29. The first-order chi connectivity index (χ1) is 33.5. The molecule has 6 nitrogen and oxygen atoms in total. The Hall–Kier alpha value is -3.15. The molecule has 1 atom stereocenters. The van der Waals surface area contributed by atoms with Crippen LogP contribution in [0.25, 0.3) is 0 Å². The lowest BCUT2D eigenvalue weighted by molar-refractivity contribution is -0.167. The highest BCUT2D eigenvalue weighted by Gasteiger charge is 2.19. The minimum atomic E-state index is -0.784. The van der Waals surface area contributed by atoms with Crippen molar-refractivity contribution < 1.29 is 28.6 Å². The minimum Gasteiger partial charge on any atom is -0.462 e. The van der Waals surface area contributed by atoms with Crippen LogP contribution in [-0.2, 0) is 28.6 Å². The fourth-order valence-electron chi connectivity index (χ4n) is 8.11. The van der Waals surface area contributed by atoms with Crippen LogP contribution in [0.3, 0.4) is 0 Å². The van der Waals surface area contributed by atoms with Gasteiger partial charge in [-0.25, -0.2) is 0 Å². The third-order valence-electron chi connectivity index (χ3n) is 12.4. The van der Waals surface area contributed by atoms with E-state index < -0.39 is 6.10 Å². The first-order valence-electron chi connectivity index (χ1n) is 28.9. The number of carbonyl (C=O) groups excluding carboxylic acids is 3. The molecule has 0 fully saturated rings. The predicted octanol–water partition coefficient (Wildman–Crippen LogP) is 19.4. The highest BCUT2D eigenvalue weighted by molar-refractivity contribution is 5.71. The highest BCUT2D eigenvalue weighted by Crippen LogP contribution is 2.15. The Kier molecular flexibility index (Phi) is 53.8. The molecule has 392 valence electrons. The molecular weight excluding hydrogens is 841 g/mol. The van der Waals surface area contributed by atoms with E-state index in [9.17, 15) is 14.4 Å². The summed E-state index contributed by atoms with van der Waals surface area (Å²) >= 11 is 0. The van der Waals surface area contributed by atoms with Crippen molar-refractivity contribution in [2.75, 3.05) is 13.2 Å². The second-order valence-electron chi connectivity index (χ2n) is 19.2. The number of rotatable bonds is 52. The van der Waals surface area contributed by atoms with Gasteiger partial charge in [-0.05, 0) is 89.9 Å². The van der Waals surface area contributed by atoms with Crippen molar-refractivity contribution in [2.45, 2.75) is 290 Å². The lowest BCUT2D eigenvalue weighted by Crippen LogP contribution is -2.30. The largest absolute Gasteiger partial charge is 0.462 e. The zero-order valence-corrected chi connectivity index (χ0v) is 44.9. The zero-order chi connectivity index (χ0) is 49.3. The Bertz CT molecular complexity index is 1270. The molecule has 0 rings (SSSR count). The van der Waals surface area contributed by atoms with Crippen molar-refractivity contribution in [3.05, 3.63) is 72.9 Å². The molecule has 0 heterocycles. The van der Waals surface area contributed by atoms with E-state index in [0.717, 1.165) is 109 Å².